The molecule has 0 saturated carbocycles. The number of nitrogens with zero attached hydrogens (tertiary/aromatic N) is 2. The molecule has 0 spiro atoms. The van der Waals surface area contributed by atoms with Crippen LogP contribution in [0.25, 0.3) is 0 Å². The Bertz CT molecular complexity index is 2040. The van der Waals surface area contributed by atoms with Gasteiger partial charge in [0.1, 0.15) is 30.7 Å². The van der Waals surface area contributed by atoms with E-state index in [9.17, 15) is 43.5 Å². The summed E-state index contributed by atoms with van der Waals surface area (Å²) in [5, 5.41) is 20.9. The first kappa shape index (κ1) is 64.1. The van der Waals surface area contributed by atoms with E-state index in [4.69, 9.17) is 29.0 Å². The Morgan fingerprint density at radius 3 is 1.76 bits per heavy atom. The molecule has 20 heteroatoms. The molecule has 0 amide bonds. The highest BCUT2D eigenvalue weighted by molar-refractivity contribution is 7.61. The highest BCUT2D eigenvalue weighted by Crippen LogP contribution is 2.60. The molecule has 1 aliphatic heterocycles. The van der Waals surface area contributed by atoms with Gasteiger partial charge in [0.2, 0.25) is 0 Å². The number of ether oxygens (including phenoxy) is 3. The van der Waals surface area contributed by atoms with Gasteiger partial charge in [-0.05, 0) is 83.1 Å². The molecule has 18 nitrogen and oxygen atoms in total. The van der Waals surface area contributed by atoms with Crippen molar-refractivity contribution in [1.82, 2.24) is 9.55 Å². The van der Waals surface area contributed by atoms with Gasteiger partial charge >= 0.3 is 33.3 Å². The van der Waals surface area contributed by atoms with Gasteiger partial charge in [-0.2, -0.15) is 9.29 Å². The number of esters is 2. The molecule has 0 aromatic carbocycles. The molecule has 1 aromatic heterocycles. The summed E-state index contributed by atoms with van der Waals surface area (Å²) in [5.74, 6) is -1.41. The number of aliphatic hydroxyl groups excluding tert-OH is 2. The third-order valence-corrected chi connectivity index (χ3v) is 13.6. The van der Waals surface area contributed by atoms with Crippen molar-refractivity contribution in [3.8, 4) is 0 Å². The lowest BCUT2D eigenvalue weighted by atomic mass is 10.1. The van der Waals surface area contributed by atoms with Crippen LogP contribution in [-0.2, 0) is 46.3 Å². The Hall–Kier alpha value is -4.06. The molecular formula is C52H83N3O15P2. The van der Waals surface area contributed by atoms with Crippen LogP contribution in [0.2, 0.25) is 0 Å². The monoisotopic (exact) mass is 1050 g/mol. The first-order chi connectivity index (χ1) is 34.7. The van der Waals surface area contributed by atoms with Gasteiger partial charge in [-0.25, -0.2) is 13.9 Å². The zero-order valence-corrected chi connectivity index (χ0v) is 44.2. The summed E-state index contributed by atoms with van der Waals surface area (Å²) in [6.07, 6.45) is 42.5. The molecule has 3 unspecified atom stereocenters. The zero-order valence-electron chi connectivity index (χ0n) is 42.4. The number of nitrogen functional groups attached to an aromatic ring is 1. The van der Waals surface area contributed by atoms with Gasteiger partial charge in [-0.1, -0.05) is 150 Å². The van der Waals surface area contributed by atoms with Crippen molar-refractivity contribution in [1.29, 1.82) is 0 Å². The fourth-order valence-corrected chi connectivity index (χ4v) is 9.15. The average Bonchev–Trinajstić information content (AvgIpc) is 3.62. The highest BCUT2D eigenvalue weighted by atomic mass is 31.3. The van der Waals surface area contributed by atoms with Crippen LogP contribution >= 0.6 is 15.6 Å². The number of anilines is 1. The first-order valence-electron chi connectivity index (χ1n) is 25.6. The number of phosphoric acid groups is 2. The Labute approximate surface area is 427 Å². The van der Waals surface area contributed by atoms with E-state index in [1.807, 2.05) is 18.2 Å². The lowest BCUT2D eigenvalue weighted by molar-refractivity contribution is -0.161. The molecule has 406 valence electrons. The Morgan fingerprint density at radius 2 is 1.19 bits per heavy atom. The molecule has 0 radical (unpaired) electrons. The number of rotatable bonds is 41. The van der Waals surface area contributed by atoms with Crippen LogP contribution in [0.4, 0.5) is 5.82 Å². The van der Waals surface area contributed by atoms with Crippen LogP contribution < -0.4 is 11.4 Å². The third-order valence-electron chi connectivity index (χ3n) is 11.0. The standard InChI is InChI=1S/C52H83N3O15P2/c1-3-5-7-9-11-13-15-17-19-20-21-22-24-26-28-30-32-34-36-38-48(57)68-44(41-65-47(56)37-35-33-31-29-27-25-23-18-16-14-12-10-8-6-4-2)42-66-71(61,62)70-72(63,64)67-43-45-49(58)50(59)51(69-45)55-40-39-46(53)54-52(55)60/h5,7,11,13-14,16-17,19,21-22,26,28,32,34,39-40,44-45,49-51,58-59H,3-4,6,8-10,12,15,18,20,23-25,27,29-31,33,35-38,41-43H2,1-2H3,(H,61,62)(H,63,64)(H2,53,54,60)/b7-5-,13-11-,16-14-,19-17-,22-21-,28-26-,34-32-/t44-,45-,49+,50?,51-/m1/s1. The summed E-state index contributed by atoms with van der Waals surface area (Å²) in [7, 11) is -10.9. The fourth-order valence-electron chi connectivity index (χ4n) is 7.04. The van der Waals surface area contributed by atoms with Gasteiger partial charge in [-0.3, -0.25) is 23.2 Å². The minimum Gasteiger partial charge on any atom is -0.462 e. The maximum atomic E-state index is 12.8. The molecule has 1 aromatic rings. The Balaban J connectivity index is 1.84. The molecule has 0 aliphatic carbocycles. The predicted molar refractivity (Wildman–Crippen MR) is 279 cm³/mol. The molecule has 1 fully saturated rings. The van der Waals surface area contributed by atoms with Crippen LogP contribution in [0.1, 0.15) is 161 Å². The van der Waals surface area contributed by atoms with E-state index in [2.05, 4.69) is 83.9 Å². The van der Waals surface area contributed by atoms with Gasteiger partial charge in [0.05, 0.1) is 13.2 Å². The normalized spacial score (nSPS) is 19.8. The molecule has 72 heavy (non-hydrogen) atoms. The second-order valence-corrected chi connectivity index (χ2v) is 20.3. The summed E-state index contributed by atoms with van der Waals surface area (Å²) < 4.78 is 56.7. The van der Waals surface area contributed by atoms with Crippen LogP contribution in [0.3, 0.4) is 0 Å². The number of unbranched alkanes of at least 4 members (excludes halogenated alkanes) is 11. The molecule has 1 aliphatic rings. The second kappa shape index (κ2) is 39.4. The quantitative estimate of drug-likeness (QED) is 0.0177. The Kier molecular flexibility index (Phi) is 35.1. The number of nitrogens with two attached hydrogens (primary N) is 1. The first-order valence-corrected chi connectivity index (χ1v) is 28.6. The minimum atomic E-state index is -5.44. The van der Waals surface area contributed by atoms with Crippen LogP contribution in [-0.4, -0.2) is 85.7 Å². The van der Waals surface area contributed by atoms with Gasteiger partial charge in [0.15, 0.2) is 12.3 Å². The van der Waals surface area contributed by atoms with E-state index in [0.29, 0.717) is 19.3 Å². The van der Waals surface area contributed by atoms with E-state index >= 15 is 0 Å². The third kappa shape index (κ3) is 31.5. The molecule has 6 N–H and O–H groups in total. The van der Waals surface area contributed by atoms with Crippen molar-refractivity contribution >= 4 is 33.4 Å². The van der Waals surface area contributed by atoms with E-state index in [0.717, 1.165) is 94.2 Å². The highest BCUT2D eigenvalue weighted by Gasteiger charge is 2.46. The van der Waals surface area contributed by atoms with E-state index in [-0.39, 0.29) is 18.7 Å². The van der Waals surface area contributed by atoms with Crippen molar-refractivity contribution in [3.05, 3.63) is 108 Å². The summed E-state index contributed by atoms with van der Waals surface area (Å²) in [5.41, 5.74) is 4.58. The van der Waals surface area contributed by atoms with Crippen molar-refractivity contribution in [3.63, 3.8) is 0 Å². The van der Waals surface area contributed by atoms with Crippen molar-refractivity contribution in [2.75, 3.05) is 25.6 Å². The van der Waals surface area contributed by atoms with Crippen LogP contribution in [0.15, 0.2) is 102 Å². The smallest absolute Gasteiger partial charge is 0.462 e. The number of aliphatic hydroxyl groups is 2. The fraction of sp³-hybridized carbons (Fsp3) is 0.615. The number of carbonyl (C=O) groups excluding carboxylic acids is 2. The lowest BCUT2D eigenvalue weighted by Gasteiger charge is -2.21. The van der Waals surface area contributed by atoms with Crippen molar-refractivity contribution < 1.29 is 66.3 Å². The van der Waals surface area contributed by atoms with E-state index in [1.165, 1.54) is 31.7 Å². The van der Waals surface area contributed by atoms with Gasteiger partial charge in [0, 0.05) is 19.0 Å². The van der Waals surface area contributed by atoms with Crippen molar-refractivity contribution in [2.24, 2.45) is 0 Å². The number of hydrogen-bond donors (Lipinski definition) is 5. The van der Waals surface area contributed by atoms with Gasteiger partial charge in [-0.15, -0.1) is 0 Å². The van der Waals surface area contributed by atoms with E-state index < -0.39 is 83.7 Å². The second-order valence-electron chi connectivity index (χ2n) is 17.3. The summed E-state index contributed by atoms with van der Waals surface area (Å²) >= 11 is 0. The maximum Gasteiger partial charge on any atom is 0.481 e. The van der Waals surface area contributed by atoms with Crippen LogP contribution in [0, 0.1) is 0 Å². The minimum absolute atomic E-state index is 0.0798. The van der Waals surface area contributed by atoms with Gasteiger partial charge in [0.25, 0.3) is 0 Å². The van der Waals surface area contributed by atoms with Crippen LogP contribution in [0.5, 0.6) is 0 Å². The molecule has 2 heterocycles. The lowest BCUT2D eigenvalue weighted by Crippen LogP contribution is -2.36. The topological polar surface area (TPSA) is 265 Å². The largest absolute Gasteiger partial charge is 0.481 e. The average molecular weight is 1050 g/mol. The molecule has 1 saturated heterocycles. The Morgan fingerprint density at radius 1 is 0.681 bits per heavy atom. The molecule has 2 rings (SSSR count). The SMILES string of the molecule is CC/C=C\C/C=C\C/C=C\C/C=C\C/C=C\C/C=C\CCC(=O)O[C@H](COC(=O)CCCCCCCCC/C=C\CCCCCC)COP(=O)(O)OP(=O)(O)OC[C@H]1O[C@@H](n2ccc(N)nc2=O)C(O)[C@H]1O. The maximum absolute atomic E-state index is 12.8. The summed E-state index contributed by atoms with van der Waals surface area (Å²) in [6, 6.07) is 1.24. The number of allylic oxidation sites excluding steroid dienone is 14. The molecular weight excluding hydrogens is 969 g/mol. The van der Waals surface area contributed by atoms with E-state index in [1.54, 1.807) is 6.08 Å². The van der Waals surface area contributed by atoms with Crippen molar-refractivity contribution in [2.45, 2.75) is 186 Å². The number of hydrogen-bond acceptors (Lipinski definition) is 15. The zero-order chi connectivity index (χ0) is 52.7. The number of aromatic nitrogens is 2. The molecule has 0 bridgehead atoms. The number of carbonyl (C=O) groups is 2. The predicted octanol–water partition coefficient (Wildman–Crippen LogP) is 10.7. The number of phosphoric ester groups is 2. The summed E-state index contributed by atoms with van der Waals surface area (Å²) in [6.45, 7) is 1.95. The summed E-state index contributed by atoms with van der Waals surface area (Å²) in [4.78, 5) is 61.9. The molecule has 7 atom stereocenters. The van der Waals surface area contributed by atoms with Gasteiger partial charge < -0.3 is 39.9 Å².